The van der Waals surface area contributed by atoms with Crippen LogP contribution in [0.4, 0.5) is 4.39 Å². The van der Waals surface area contributed by atoms with Crippen LogP contribution in [0.2, 0.25) is 0 Å². The molecular weight excluding hydrogens is 281 g/mol. The Labute approximate surface area is 98.9 Å². The molecule has 0 saturated heterocycles. The van der Waals surface area contributed by atoms with Crippen molar-refractivity contribution >= 4 is 27.3 Å². The van der Waals surface area contributed by atoms with Crippen molar-refractivity contribution in [2.24, 2.45) is 0 Å². The summed E-state index contributed by atoms with van der Waals surface area (Å²) >= 11 is 4.53. The Morgan fingerprint density at radius 3 is 2.87 bits per heavy atom. The van der Waals surface area contributed by atoms with Crippen molar-refractivity contribution in [2.45, 2.75) is 6.92 Å². The van der Waals surface area contributed by atoms with E-state index in [1.54, 1.807) is 17.6 Å². The highest BCUT2D eigenvalue weighted by Crippen LogP contribution is 2.31. The van der Waals surface area contributed by atoms with Crippen LogP contribution in [0.3, 0.4) is 0 Å². The zero-order valence-corrected chi connectivity index (χ0v) is 10.2. The first kappa shape index (κ1) is 10.6. The lowest BCUT2D eigenvalue weighted by molar-refractivity contribution is 0.448. The number of aryl methyl sites for hydroxylation is 1. The zero-order valence-electron chi connectivity index (χ0n) is 7.83. The third-order valence-corrected chi connectivity index (χ3v) is 3.09. The van der Waals surface area contributed by atoms with Gasteiger partial charge in [0.05, 0.1) is 11.2 Å². The Bertz CT molecular complexity index is 486. The summed E-state index contributed by atoms with van der Waals surface area (Å²) in [5.74, 6) is -0.178. The SMILES string of the molecule is Cc1ncsc1Oc1ccc(Br)cc1F. The Morgan fingerprint density at radius 1 is 1.47 bits per heavy atom. The standard InChI is InChI=1S/C10H7BrFNOS/c1-6-10(15-5-13-6)14-9-3-2-7(11)4-8(9)12/h2-5H,1H3. The molecule has 0 fully saturated rings. The van der Waals surface area contributed by atoms with Crippen LogP contribution in [0.1, 0.15) is 5.69 Å². The smallest absolute Gasteiger partial charge is 0.203 e. The van der Waals surface area contributed by atoms with Crippen molar-refractivity contribution in [3.05, 3.63) is 39.7 Å². The van der Waals surface area contributed by atoms with Gasteiger partial charge in [0.15, 0.2) is 11.6 Å². The minimum Gasteiger partial charge on any atom is -0.442 e. The van der Waals surface area contributed by atoms with Crippen LogP contribution in [0.15, 0.2) is 28.2 Å². The first-order valence-electron chi connectivity index (χ1n) is 4.20. The fourth-order valence-corrected chi connectivity index (χ4v) is 2.05. The Kier molecular flexibility index (Phi) is 3.02. The maximum atomic E-state index is 13.4. The summed E-state index contributed by atoms with van der Waals surface area (Å²) in [5, 5.41) is 0.622. The molecule has 0 bridgehead atoms. The van der Waals surface area contributed by atoms with Crippen molar-refractivity contribution in [2.75, 3.05) is 0 Å². The number of hydrogen-bond acceptors (Lipinski definition) is 3. The molecule has 15 heavy (non-hydrogen) atoms. The van der Waals surface area contributed by atoms with Gasteiger partial charge in [0.2, 0.25) is 5.06 Å². The number of benzene rings is 1. The number of rotatable bonds is 2. The molecule has 2 rings (SSSR count). The number of aromatic nitrogens is 1. The highest BCUT2D eigenvalue weighted by Gasteiger charge is 2.08. The molecule has 78 valence electrons. The van der Waals surface area contributed by atoms with Gasteiger partial charge < -0.3 is 4.74 Å². The second kappa shape index (κ2) is 4.28. The number of thiazole rings is 1. The van der Waals surface area contributed by atoms with Crippen LogP contribution >= 0.6 is 27.3 Å². The molecular formula is C10H7BrFNOS. The third kappa shape index (κ3) is 2.35. The topological polar surface area (TPSA) is 22.1 Å². The van der Waals surface area contributed by atoms with Crippen molar-refractivity contribution in [1.29, 1.82) is 0 Å². The van der Waals surface area contributed by atoms with Crippen LogP contribution in [0.5, 0.6) is 10.8 Å². The van der Waals surface area contributed by atoms with Gasteiger partial charge in [-0.05, 0) is 25.1 Å². The lowest BCUT2D eigenvalue weighted by Crippen LogP contribution is -1.87. The number of ether oxygens (including phenoxy) is 1. The lowest BCUT2D eigenvalue weighted by atomic mass is 10.3. The van der Waals surface area contributed by atoms with E-state index in [4.69, 9.17) is 4.74 Å². The molecule has 1 aromatic carbocycles. The van der Waals surface area contributed by atoms with E-state index in [2.05, 4.69) is 20.9 Å². The first-order valence-corrected chi connectivity index (χ1v) is 5.87. The summed E-state index contributed by atoms with van der Waals surface area (Å²) in [6.07, 6.45) is 0. The molecule has 0 aliphatic rings. The highest BCUT2D eigenvalue weighted by atomic mass is 79.9. The largest absolute Gasteiger partial charge is 0.442 e. The summed E-state index contributed by atoms with van der Waals surface area (Å²) in [7, 11) is 0. The van der Waals surface area contributed by atoms with E-state index >= 15 is 0 Å². The van der Waals surface area contributed by atoms with E-state index in [1.807, 2.05) is 6.92 Å². The van der Waals surface area contributed by atoms with Crippen molar-refractivity contribution in [3.63, 3.8) is 0 Å². The first-order chi connectivity index (χ1) is 7.16. The second-order valence-corrected chi connectivity index (χ2v) is 4.64. The maximum Gasteiger partial charge on any atom is 0.203 e. The summed E-state index contributed by atoms with van der Waals surface area (Å²) in [6.45, 7) is 1.82. The maximum absolute atomic E-state index is 13.4. The van der Waals surface area contributed by atoms with Gasteiger partial charge in [-0.2, -0.15) is 0 Å². The summed E-state index contributed by atoms with van der Waals surface area (Å²) in [6, 6.07) is 4.68. The van der Waals surface area contributed by atoms with Crippen molar-refractivity contribution in [1.82, 2.24) is 4.98 Å². The Hall–Kier alpha value is -0.940. The van der Waals surface area contributed by atoms with E-state index in [9.17, 15) is 4.39 Å². The van der Waals surface area contributed by atoms with E-state index in [0.29, 0.717) is 9.54 Å². The van der Waals surface area contributed by atoms with Gasteiger partial charge >= 0.3 is 0 Å². The van der Waals surface area contributed by atoms with E-state index in [-0.39, 0.29) is 5.75 Å². The molecule has 2 nitrogen and oxygen atoms in total. The highest BCUT2D eigenvalue weighted by molar-refractivity contribution is 9.10. The molecule has 0 atom stereocenters. The van der Waals surface area contributed by atoms with Gasteiger partial charge in [0, 0.05) is 4.47 Å². The third-order valence-electron chi connectivity index (χ3n) is 1.80. The summed E-state index contributed by atoms with van der Waals surface area (Å²) < 4.78 is 19.5. The summed E-state index contributed by atoms with van der Waals surface area (Å²) in [4.78, 5) is 4.02. The predicted molar refractivity (Wildman–Crippen MR) is 61.0 cm³/mol. The van der Waals surface area contributed by atoms with Crippen molar-refractivity contribution in [3.8, 4) is 10.8 Å². The number of halogens is 2. The fraction of sp³-hybridized carbons (Fsp3) is 0.100. The number of hydrogen-bond donors (Lipinski definition) is 0. The Morgan fingerprint density at radius 2 is 2.27 bits per heavy atom. The monoisotopic (exact) mass is 287 g/mol. The molecule has 1 aromatic heterocycles. The van der Waals surface area contributed by atoms with Gasteiger partial charge in [-0.1, -0.05) is 27.3 Å². The van der Waals surface area contributed by atoms with Crippen LogP contribution < -0.4 is 4.74 Å². The minimum atomic E-state index is -0.392. The fourth-order valence-electron chi connectivity index (χ4n) is 1.05. The summed E-state index contributed by atoms with van der Waals surface area (Å²) in [5.41, 5.74) is 2.43. The van der Waals surface area contributed by atoms with Gasteiger partial charge in [-0.15, -0.1) is 0 Å². The molecule has 0 amide bonds. The van der Waals surface area contributed by atoms with Crippen molar-refractivity contribution < 1.29 is 9.13 Å². The second-order valence-electron chi connectivity index (χ2n) is 2.90. The molecule has 0 aliphatic carbocycles. The van der Waals surface area contributed by atoms with Gasteiger partial charge in [-0.25, -0.2) is 9.37 Å². The van der Waals surface area contributed by atoms with E-state index in [0.717, 1.165) is 5.69 Å². The van der Waals surface area contributed by atoms with Crippen LogP contribution in [0, 0.1) is 12.7 Å². The lowest BCUT2D eigenvalue weighted by Gasteiger charge is -2.04. The van der Waals surface area contributed by atoms with Gasteiger partial charge in [0.1, 0.15) is 0 Å². The molecule has 2 aromatic rings. The minimum absolute atomic E-state index is 0.213. The Balaban J connectivity index is 2.29. The average molecular weight is 288 g/mol. The van der Waals surface area contributed by atoms with Crippen LogP contribution in [-0.2, 0) is 0 Å². The molecule has 1 heterocycles. The van der Waals surface area contributed by atoms with E-state index < -0.39 is 5.82 Å². The zero-order chi connectivity index (χ0) is 10.8. The molecule has 0 spiro atoms. The van der Waals surface area contributed by atoms with Gasteiger partial charge in [-0.3, -0.25) is 0 Å². The molecule has 0 aliphatic heterocycles. The average Bonchev–Trinajstić information content (AvgIpc) is 2.57. The predicted octanol–water partition coefficient (Wildman–Crippen LogP) is 4.15. The molecule has 5 heteroatoms. The molecule has 0 unspecified atom stereocenters. The van der Waals surface area contributed by atoms with Crippen LogP contribution in [-0.4, -0.2) is 4.98 Å². The van der Waals surface area contributed by atoms with E-state index in [1.165, 1.54) is 17.4 Å². The molecule has 0 radical (unpaired) electrons. The van der Waals surface area contributed by atoms with Gasteiger partial charge in [0.25, 0.3) is 0 Å². The normalized spacial score (nSPS) is 10.3. The molecule has 0 N–H and O–H groups in total. The quantitative estimate of drug-likeness (QED) is 0.828. The molecule has 0 saturated carbocycles. The number of nitrogens with zero attached hydrogens (tertiary/aromatic N) is 1. The van der Waals surface area contributed by atoms with Crippen LogP contribution in [0.25, 0.3) is 0 Å².